The zero-order valence-corrected chi connectivity index (χ0v) is 27.9. The number of phenolic OH excluding ortho intramolecular Hbond substituents is 1. The topological polar surface area (TPSA) is 126 Å². The van der Waals surface area contributed by atoms with Crippen molar-refractivity contribution >= 4 is 28.9 Å². The molecule has 2 aromatic carbocycles. The van der Waals surface area contributed by atoms with Gasteiger partial charge in [-0.2, -0.15) is 0 Å². The molecule has 2 fully saturated rings. The molecule has 0 aliphatic heterocycles. The van der Waals surface area contributed by atoms with E-state index in [1.54, 1.807) is 20.8 Å². The maximum absolute atomic E-state index is 14.6. The Morgan fingerprint density at radius 3 is 2.18 bits per heavy atom. The molecule has 0 bridgehead atoms. The van der Waals surface area contributed by atoms with Crippen molar-refractivity contribution < 1.29 is 34.2 Å². The number of hydrogen-bond acceptors (Lipinski definition) is 7. The number of hydrogen-bond donors (Lipinski definition) is 2. The van der Waals surface area contributed by atoms with Crippen LogP contribution in [0.15, 0.2) is 30.3 Å². The van der Waals surface area contributed by atoms with E-state index in [9.17, 15) is 34.2 Å². The molecule has 6 atom stereocenters. The highest BCUT2D eigenvalue weighted by Crippen LogP contribution is 2.64. The third-order valence-corrected chi connectivity index (χ3v) is 10.9. The van der Waals surface area contributed by atoms with E-state index in [0.29, 0.717) is 17.0 Å². The molecule has 240 valence electrons. The predicted octanol–water partition coefficient (Wildman–Crippen LogP) is 6.08. The molecule has 3 aliphatic carbocycles. The van der Waals surface area contributed by atoms with Crippen molar-refractivity contribution in [3.8, 4) is 16.9 Å². The lowest BCUT2D eigenvalue weighted by atomic mass is 9.39. The van der Waals surface area contributed by atoms with Crippen LogP contribution in [0.3, 0.4) is 0 Å². The van der Waals surface area contributed by atoms with Crippen LogP contribution in [0.25, 0.3) is 11.1 Å². The summed E-state index contributed by atoms with van der Waals surface area (Å²) in [6, 6.07) is 9.79. The Labute approximate surface area is 265 Å². The summed E-state index contributed by atoms with van der Waals surface area (Å²) in [5, 5.41) is 24.1. The average Bonchev–Trinajstić information content (AvgIpc) is 2.90. The highest BCUT2D eigenvalue weighted by atomic mass is 16.3. The Bertz CT molecular complexity index is 1650. The summed E-state index contributed by atoms with van der Waals surface area (Å²) in [5.41, 5.74) is -1.35. The number of aromatic hydroxyl groups is 1. The smallest absolute Gasteiger partial charge is 0.190 e. The van der Waals surface area contributed by atoms with E-state index < -0.39 is 63.1 Å². The van der Waals surface area contributed by atoms with Crippen LogP contribution in [-0.4, -0.2) is 44.7 Å². The number of benzene rings is 2. The Morgan fingerprint density at radius 1 is 0.978 bits per heavy atom. The van der Waals surface area contributed by atoms with Crippen molar-refractivity contribution in [1.82, 2.24) is 0 Å². The zero-order chi connectivity index (χ0) is 33.5. The molecule has 2 saturated carbocycles. The van der Waals surface area contributed by atoms with Crippen LogP contribution in [0.1, 0.15) is 102 Å². The van der Waals surface area contributed by atoms with Gasteiger partial charge in [-0.25, -0.2) is 0 Å². The first-order valence-corrected chi connectivity index (χ1v) is 16.2. The maximum Gasteiger partial charge on any atom is 0.190 e. The molecule has 3 unspecified atom stereocenters. The highest BCUT2D eigenvalue weighted by molar-refractivity contribution is 6.32. The van der Waals surface area contributed by atoms with E-state index in [4.69, 9.17) is 0 Å². The Morgan fingerprint density at radius 2 is 1.62 bits per heavy atom. The molecule has 0 amide bonds. The quantitative estimate of drug-likeness (QED) is 0.378. The molecule has 0 spiro atoms. The highest BCUT2D eigenvalue weighted by Gasteiger charge is 2.76. The van der Waals surface area contributed by atoms with Gasteiger partial charge in [0, 0.05) is 16.9 Å². The van der Waals surface area contributed by atoms with Crippen LogP contribution in [0.5, 0.6) is 5.75 Å². The minimum Gasteiger partial charge on any atom is -0.507 e. The van der Waals surface area contributed by atoms with Gasteiger partial charge in [0.05, 0.1) is 11.5 Å². The molecule has 7 heteroatoms. The zero-order valence-electron chi connectivity index (χ0n) is 27.9. The first-order valence-electron chi connectivity index (χ1n) is 16.2. The van der Waals surface area contributed by atoms with Crippen molar-refractivity contribution in [2.45, 2.75) is 93.1 Å². The van der Waals surface area contributed by atoms with Gasteiger partial charge in [-0.1, -0.05) is 79.7 Å². The fourth-order valence-electron chi connectivity index (χ4n) is 9.30. The van der Waals surface area contributed by atoms with Crippen LogP contribution >= 0.6 is 0 Å². The van der Waals surface area contributed by atoms with Crippen LogP contribution in [0.2, 0.25) is 0 Å². The van der Waals surface area contributed by atoms with E-state index >= 15 is 0 Å². The number of ketones is 5. The van der Waals surface area contributed by atoms with Crippen LogP contribution in [0, 0.1) is 40.4 Å². The van der Waals surface area contributed by atoms with Gasteiger partial charge in [0.1, 0.15) is 17.5 Å². The van der Waals surface area contributed by atoms with Crippen molar-refractivity contribution in [3.63, 3.8) is 0 Å². The molecule has 2 N–H and O–H groups in total. The minimum atomic E-state index is -2.71. The van der Waals surface area contributed by atoms with Crippen molar-refractivity contribution in [3.05, 3.63) is 52.6 Å². The van der Waals surface area contributed by atoms with Gasteiger partial charge in [-0.15, -0.1) is 0 Å². The van der Waals surface area contributed by atoms with E-state index in [0.717, 1.165) is 30.0 Å². The fraction of sp³-hybridized carbons (Fsp3) is 0.553. The van der Waals surface area contributed by atoms with Gasteiger partial charge in [0.2, 0.25) is 0 Å². The van der Waals surface area contributed by atoms with Gasteiger partial charge in [-0.3, -0.25) is 24.0 Å². The molecule has 3 aliphatic rings. The summed E-state index contributed by atoms with van der Waals surface area (Å²) in [6.45, 7) is 16.4. The number of Topliss-reactive ketones (excluding diaryl/α,β-unsaturated/α-hetero) is 5. The Balaban J connectivity index is 1.74. The summed E-state index contributed by atoms with van der Waals surface area (Å²) < 4.78 is 0. The van der Waals surface area contributed by atoms with Gasteiger partial charge >= 0.3 is 0 Å². The van der Waals surface area contributed by atoms with Gasteiger partial charge in [0.25, 0.3) is 0 Å². The monoisotopic (exact) mass is 614 g/mol. The van der Waals surface area contributed by atoms with Crippen molar-refractivity contribution in [2.24, 2.45) is 40.4 Å². The largest absolute Gasteiger partial charge is 0.507 e. The molecular formula is C38H46O7. The molecule has 0 heterocycles. The summed E-state index contributed by atoms with van der Waals surface area (Å²) in [6.07, 6.45) is 1.13. The summed E-state index contributed by atoms with van der Waals surface area (Å²) in [4.78, 5) is 69.6. The predicted molar refractivity (Wildman–Crippen MR) is 171 cm³/mol. The Hall–Kier alpha value is -3.45. The molecule has 0 radical (unpaired) electrons. The maximum atomic E-state index is 14.6. The molecule has 2 aromatic rings. The third-order valence-electron chi connectivity index (χ3n) is 10.9. The first kappa shape index (κ1) is 32.9. The van der Waals surface area contributed by atoms with Gasteiger partial charge in [0.15, 0.2) is 28.7 Å². The van der Waals surface area contributed by atoms with E-state index in [-0.39, 0.29) is 36.0 Å². The molecular weight excluding hydrogens is 568 g/mol. The second kappa shape index (κ2) is 10.8. The third kappa shape index (κ3) is 4.59. The lowest BCUT2D eigenvalue weighted by molar-refractivity contribution is -0.205. The van der Waals surface area contributed by atoms with Crippen LogP contribution < -0.4 is 0 Å². The van der Waals surface area contributed by atoms with E-state index in [1.165, 1.54) is 0 Å². The number of fused-ring (bicyclic) bond motifs is 3. The number of carbonyl (C=O) groups is 5. The summed E-state index contributed by atoms with van der Waals surface area (Å²) in [7, 11) is 0. The van der Waals surface area contributed by atoms with E-state index in [1.807, 2.05) is 51.1 Å². The molecule has 7 nitrogen and oxygen atoms in total. The fourth-order valence-corrected chi connectivity index (χ4v) is 9.30. The Kier molecular flexibility index (Phi) is 7.92. The van der Waals surface area contributed by atoms with Crippen molar-refractivity contribution in [2.75, 3.05) is 0 Å². The summed E-state index contributed by atoms with van der Waals surface area (Å²) in [5.74, 6) is -8.39. The lowest BCUT2D eigenvalue weighted by Gasteiger charge is -2.62. The average molecular weight is 615 g/mol. The van der Waals surface area contributed by atoms with E-state index in [2.05, 4.69) is 13.8 Å². The molecule has 5 rings (SSSR count). The summed E-state index contributed by atoms with van der Waals surface area (Å²) >= 11 is 0. The van der Waals surface area contributed by atoms with Crippen LogP contribution in [-0.2, 0) is 32.0 Å². The van der Waals surface area contributed by atoms with Crippen molar-refractivity contribution in [1.29, 1.82) is 0 Å². The molecule has 0 aromatic heterocycles. The number of carbonyl (C=O) groups excluding carboxylic acids is 5. The number of phenols is 1. The minimum absolute atomic E-state index is 0.0192. The second-order valence-electron chi connectivity index (χ2n) is 15.5. The van der Waals surface area contributed by atoms with Crippen LogP contribution in [0.4, 0.5) is 0 Å². The normalized spacial score (nSPS) is 31.4. The SMILES string of the molecule is CC(=O)C1C(=O)C(C(C)C)[C@@]2(C)C[C@@]3(C)Cc4c(C(C)C)cc(-c5cccc(CC(C)C)c5)c(O)c4C(=O)C3C(=O)[C@@]2(O)C1=O. The lowest BCUT2D eigenvalue weighted by Crippen LogP contribution is -2.76. The standard InChI is InChI=1S/C38H46O7/c1-18(2)13-22-11-10-12-23(14-22)25-15-24(19(3)4)26-16-36(8)17-37(9)29(20(5)6)32(41)27(21(7)39)34(43)38(37,45)35(44)30(36)33(42)28(26)31(25)40/h10-12,14-15,18-20,27,29-30,40,45H,13,16-17H2,1-9H3/t27?,29?,30?,36-,37-,38+/m1/s1. The number of aliphatic hydroxyl groups is 1. The van der Waals surface area contributed by atoms with Gasteiger partial charge < -0.3 is 10.2 Å². The molecule has 0 saturated heterocycles. The first-order chi connectivity index (χ1) is 20.8. The second-order valence-corrected chi connectivity index (χ2v) is 15.5. The molecule has 45 heavy (non-hydrogen) atoms. The number of rotatable bonds is 6. The van der Waals surface area contributed by atoms with Gasteiger partial charge in [-0.05, 0) is 77.7 Å².